The molecule has 0 N–H and O–H groups in total. The number of likely N-dealkylation sites (N-methyl/N-ethyl adjacent to an activating group) is 1. The van der Waals surface area contributed by atoms with Crippen molar-refractivity contribution in [2.24, 2.45) is 0 Å². The van der Waals surface area contributed by atoms with E-state index in [9.17, 15) is 19.2 Å². The quantitative estimate of drug-likeness (QED) is 0.269. The van der Waals surface area contributed by atoms with Crippen LogP contribution in [0.15, 0.2) is 24.3 Å². The molecule has 3 fully saturated rings. The molecule has 0 spiro atoms. The van der Waals surface area contributed by atoms with Crippen molar-refractivity contribution in [1.82, 2.24) is 24.6 Å². The Morgan fingerprint density at radius 3 is 2.44 bits per heavy atom. The second-order valence-corrected chi connectivity index (χ2v) is 13.6. The summed E-state index contributed by atoms with van der Waals surface area (Å²) in [5.74, 6) is 0.322. The summed E-state index contributed by atoms with van der Waals surface area (Å²) in [5, 5.41) is 0.888. The van der Waals surface area contributed by atoms with Crippen molar-refractivity contribution >= 4 is 49.1 Å². The van der Waals surface area contributed by atoms with Gasteiger partial charge in [0.1, 0.15) is 0 Å². The zero-order valence-electron chi connectivity index (χ0n) is 25.3. The van der Waals surface area contributed by atoms with E-state index in [1.807, 2.05) is 36.9 Å². The molecule has 4 heterocycles. The molecule has 3 aliphatic heterocycles. The number of aryl methyl sites for hydroxylation is 1. The third-order valence-electron chi connectivity index (χ3n) is 8.55. The normalized spacial score (nSPS) is 20.4. The number of hydrogen-bond acceptors (Lipinski definition) is 8. The Morgan fingerprint density at radius 1 is 0.977 bits per heavy atom. The zero-order chi connectivity index (χ0) is 30.5. The molecule has 0 saturated carbocycles. The van der Waals surface area contributed by atoms with Gasteiger partial charge in [0.15, 0.2) is 0 Å². The van der Waals surface area contributed by atoms with Crippen LogP contribution in [0.4, 0.5) is 4.79 Å². The summed E-state index contributed by atoms with van der Waals surface area (Å²) in [6, 6.07) is 8.03. The standard InChI is InChI=1S/C31H41AsN5O6/c1-4-6-13-42-31(41)36-11-9-35(10-12-36)28(38)17-32-30(40)26-16-27(24-8-7-21(3)14-25(24)33-26)43-20-29(39)37-19-22-15-23(37)18-34(22)5-2/h7-8,14,16,22-23H,4-6,9-13,15,17-20H2,1-3H3/t22-,23-/m1/s1. The van der Waals surface area contributed by atoms with Crippen LogP contribution in [0.5, 0.6) is 5.75 Å². The first-order valence-corrected chi connectivity index (χ1v) is 17.5. The first-order chi connectivity index (χ1) is 20.8. The van der Waals surface area contributed by atoms with Gasteiger partial charge in [-0.3, -0.25) is 0 Å². The molecule has 0 unspecified atom stereocenters. The van der Waals surface area contributed by atoms with Crippen LogP contribution in [0.3, 0.4) is 0 Å². The number of unbranched alkanes of at least 4 members (excludes halogenated alkanes) is 1. The minimum absolute atomic E-state index is 0.0422. The summed E-state index contributed by atoms with van der Waals surface area (Å²) < 4.78 is 11.2. The number of amides is 3. The molecule has 3 aliphatic rings. The topological polar surface area (TPSA) is 113 Å². The van der Waals surface area contributed by atoms with E-state index in [1.54, 1.807) is 15.9 Å². The number of hydrogen-bond donors (Lipinski definition) is 0. The SMILES string of the molecule is CCCCOC(=O)N1CCN(C(=O)C[As]C(=O)c2cc(OCC(=O)N3C[C@H]4C[C@@H]3CN4CC)c3ccc(C)cc3n2)CC1. The van der Waals surface area contributed by atoms with Crippen molar-refractivity contribution in [3.8, 4) is 5.75 Å². The van der Waals surface area contributed by atoms with E-state index >= 15 is 0 Å². The van der Waals surface area contributed by atoms with Crippen LogP contribution >= 0.6 is 0 Å². The number of rotatable bonds is 11. The van der Waals surface area contributed by atoms with Gasteiger partial charge in [0.2, 0.25) is 0 Å². The summed E-state index contributed by atoms with van der Waals surface area (Å²) in [6.07, 6.45) is 2.46. The van der Waals surface area contributed by atoms with Crippen LogP contribution in [-0.2, 0) is 14.3 Å². The van der Waals surface area contributed by atoms with Crippen LogP contribution in [0.2, 0.25) is 5.21 Å². The second kappa shape index (κ2) is 14.1. The van der Waals surface area contributed by atoms with Gasteiger partial charge >= 0.3 is 253 Å². The van der Waals surface area contributed by atoms with E-state index in [0.717, 1.165) is 49.8 Å². The molecule has 3 amide bonds. The predicted molar refractivity (Wildman–Crippen MR) is 162 cm³/mol. The number of piperazine rings is 2. The van der Waals surface area contributed by atoms with Crippen LogP contribution in [-0.4, -0.2) is 134 Å². The van der Waals surface area contributed by atoms with Gasteiger partial charge in [-0.05, 0) is 0 Å². The fourth-order valence-electron chi connectivity index (χ4n) is 6.05. The Kier molecular flexibility index (Phi) is 10.2. The third-order valence-corrected chi connectivity index (χ3v) is 10.5. The van der Waals surface area contributed by atoms with E-state index in [-0.39, 0.29) is 46.0 Å². The zero-order valence-corrected chi connectivity index (χ0v) is 27.2. The van der Waals surface area contributed by atoms with Gasteiger partial charge < -0.3 is 0 Å². The maximum atomic E-state index is 13.3. The number of carbonyl (C=O) groups excluding carboxylic acids is 4. The number of aromatic nitrogens is 1. The predicted octanol–water partition coefficient (Wildman–Crippen LogP) is 2.57. The van der Waals surface area contributed by atoms with Crippen molar-refractivity contribution < 1.29 is 28.7 Å². The molecule has 1 radical (unpaired) electrons. The Hall–Kier alpha value is -3.17. The van der Waals surface area contributed by atoms with Crippen LogP contribution in [0, 0.1) is 6.92 Å². The molecule has 2 bridgehead atoms. The monoisotopic (exact) mass is 654 g/mol. The number of benzene rings is 1. The van der Waals surface area contributed by atoms with Crippen molar-refractivity contribution in [3.63, 3.8) is 0 Å². The third kappa shape index (κ3) is 7.32. The second-order valence-electron chi connectivity index (χ2n) is 11.4. The van der Waals surface area contributed by atoms with E-state index in [4.69, 9.17) is 9.47 Å². The van der Waals surface area contributed by atoms with E-state index < -0.39 is 15.8 Å². The molecule has 1 aromatic heterocycles. The van der Waals surface area contributed by atoms with Gasteiger partial charge in [-0.25, -0.2) is 0 Å². The average molecular weight is 655 g/mol. The Morgan fingerprint density at radius 2 is 1.74 bits per heavy atom. The summed E-state index contributed by atoms with van der Waals surface area (Å²) in [5.41, 5.74) is 1.88. The molecule has 11 nitrogen and oxygen atoms in total. The van der Waals surface area contributed by atoms with Crippen molar-refractivity contribution in [1.29, 1.82) is 0 Å². The summed E-state index contributed by atoms with van der Waals surface area (Å²) in [4.78, 5) is 63.8. The van der Waals surface area contributed by atoms with E-state index in [0.29, 0.717) is 50.1 Å². The van der Waals surface area contributed by atoms with E-state index in [2.05, 4.69) is 16.8 Å². The average Bonchev–Trinajstić information content (AvgIpc) is 3.63. The number of nitrogens with zero attached hydrogens (tertiary/aromatic N) is 5. The summed E-state index contributed by atoms with van der Waals surface area (Å²) in [6.45, 7) is 10.8. The van der Waals surface area contributed by atoms with Gasteiger partial charge in [-0.15, -0.1) is 0 Å². The first kappa shape index (κ1) is 31.3. The summed E-state index contributed by atoms with van der Waals surface area (Å²) in [7, 11) is 0. The van der Waals surface area contributed by atoms with Gasteiger partial charge in [0.25, 0.3) is 0 Å². The molecule has 12 heteroatoms. The summed E-state index contributed by atoms with van der Waals surface area (Å²) >= 11 is -0.996. The molecule has 5 rings (SSSR count). The maximum absolute atomic E-state index is 13.3. The van der Waals surface area contributed by atoms with Crippen molar-refractivity contribution in [3.05, 3.63) is 35.5 Å². The van der Waals surface area contributed by atoms with Crippen LogP contribution in [0.1, 0.15) is 49.2 Å². The van der Waals surface area contributed by atoms with Gasteiger partial charge in [-0.1, -0.05) is 6.92 Å². The molecular formula is C31H41AsN5O6. The molecular weight excluding hydrogens is 613 g/mol. The molecule has 1 aromatic carbocycles. The fraction of sp³-hybridized carbons (Fsp3) is 0.581. The minimum atomic E-state index is -0.996. The van der Waals surface area contributed by atoms with Gasteiger partial charge in [0.05, 0.1) is 0 Å². The molecule has 0 aliphatic carbocycles. The van der Waals surface area contributed by atoms with Gasteiger partial charge in [0, 0.05) is 0 Å². The Balaban J connectivity index is 1.17. The fourth-order valence-corrected chi connectivity index (χ4v) is 7.64. The number of likely N-dealkylation sites (tertiary alicyclic amines) is 2. The molecule has 231 valence electrons. The van der Waals surface area contributed by atoms with Gasteiger partial charge in [-0.2, -0.15) is 0 Å². The molecule has 2 aromatic rings. The van der Waals surface area contributed by atoms with E-state index in [1.165, 1.54) is 0 Å². The Bertz CT molecular complexity index is 1360. The molecule has 3 saturated heterocycles. The van der Waals surface area contributed by atoms with Crippen molar-refractivity contribution in [2.75, 3.05) is 59.0 Å². The first-order valence-electron chi connectivity index (χ1n) is 15.3. The number of carbonyl (C=O) groups is 4. The van der Waals surface area contributed by atoms with Crippen molar-refractivity contribution in [2.45, 2.75) is 57.3 Å². The number of pyridine rings is 1. The number of fused-ring (bicyclic) bond motifs is 3. The Labute approximate surface area is 259 Å². The molecule has 43 heavy (non-hydrogen) atoms. The van der Waals surface area contributed by atoms with Crippen LogP contribution < -0.4 is 4.74 Å². The van der Waals surface area contributed by atoms with Crippen LogP contribution in [0.25, 0.3) is 10.9 Å². The number of ether oxygens (including phenoxy) is 2. The molecule has 2 atom stereocenters.